The maximum atomic E-state index is 13.0. The highest BCUT2D eigenvalue weighted by Crippen LogP contribution is 2.26. The van der Waals surface area contributed by atoms with Crippen LogP contribution in [0.1, 0.15) is 36.7 Å². The zero-order valence-electron chi connectivity index (χ0n) is 17.4. The standard InChI is InChI=1S/C21H22N4O5S/c1-4-14-8-6-7-13(3)20(14)24-31(27,28)15-9-10-16-17(11-15)29-21(26)25(16)12-18-22-19(5-2)30-23-18/h6-11,24H,4-5,12H2,1-3H3. The monoisotopic (exact) mass is 442 g/mol. The lowest BCUT2D eigenvalue weighted by atomic mass is 10.1. The number of nitrogens with zero attached hydrogens (tertiary/aromatic N) is 3. The van der Waals surface area contributed by atoms with E-state index in [2.05, 4.69) is 14.9 Å². The zero-order chi connectivity index (χ0) is 22.2. The number of fused-ring (bicyclic) bond motifs is 1. The number of para-hydroxylation sites is 1. The molecule has 0 fully saturated rings. The third kappa shape index (κ3) is 3.98. The van der Waals surface area contributed by atoms with Gasteiger partial charge in [0.2, 0.25) is 5.89 Å². The SMILES string of the molecule is CCc1nc(Cn2c(=O)oc3cc(S(=O)(=O)Nc4c(C)cccc4CC)ccc32)no1. The Morgan fingerprint density at radius 3 is 2.65 bits per heavy atom. The van der Waals surface area contributed by atoms with Crippen molar-refractivity contribution in [3.05, 3.63) is 69.8 Å². The molecule has 4 rings (SSSR count). The molecule has 9 nitrogen and oxygen atoms in total. The van der Waals surface area contributed by atoms with E-state index < -0.39 is 15.8 Å². The molecule has 0 aliphatic carbocycles. The minimum atomic E-state index is -3.88. The zero-order valence-corrected chi connectivity index (χ0v) is 18.2. The number of rotatable bonds is 7. The van der Waals surface area contributed by atoms with Crippen LogP contribution < -0.4 is 10.5 Å². The van der Waals surface area contributed by atoms with Gasteiger partial charge in [0.1, 0.15) is 0 Å². The molecule has 0 unspecified atom stereocenters. The third-order valence-electron chi connectivity index (χ3n) is 5.04. The van der Waals surface area contributed by atoms with E-state index in [1.165, 1.54) is 22.8 Å². The smallest absolute Gasteiger partial charge is 0.408 e. The summed E-state index contributed by atoms with van der Waals surface area (Å²) in [6, 6.07) is 9.94. The minimum Gasteiger partial charge on any atom is -0.408 e. The summed E-state index contributed by atoms with van der Waals surface area (Å²) < 4.78 is 40.4. The first-order valence-corrected chi connectivity index (χ1v) is 11.4. The highest BCUT2D eigenvalue weighted by molar-refractivity contribution is 7.92. The molecule has 4 aromatic rings. The topological polar surface area (TPSA) is 120 Å². The summed E-state index contributed by atoms with van der Waals surface area (Å²) in [4.78, 5) is 16.5. The fraction of sp³-hybridized carbons (Fsp3) is 0.286. The number of sulfonamides is 1. The number of aromatic nitrogens is 3. The highest BCUT2D eigenvalue weighted by atomic mass is 32.2. The van der Waals surface area contributed by atoms with Crippen LogP contribution in [0, 0.1) is 6.92 Å². The van der Waals surface area contributed by atoms with Crippen molar-refractivity contribution in [2.45, 2.75) is 45.1 Å². The number of hydrogen-bond acceptors (Lipinski definition) is 7. The second-order valence-electron chi connectivity index (χ2n) is 7.11. The van der Waals surface area contributed by atoms with Crippen LogP contribution in [-0.4, -0.2) is 23.1 Å². The second-order valence-corrected chi connectivity index (χ2v) is 8.79. The summed E-state index contributed by atoms with van der Waals surface area (Å²) in [5, 5.41) is 3.84. The lowest BCUT2D eigenvalue weighted by molar-refractivity contribution is 0.375. The molecule has 0 aliphatic rings. The lowest BCUT2D eigenvalue weighted by Crippen LogP contribution is -2.16. The van der Waals surface area contributed by atoms with E-state index in [1.54, 1.807) is 0 Å². The Bertz CT molecular complexity index is 1420. The molecule has 2 heterocycles. The molecule has 0 atom stereocenters. The number of nitrogens with one attached hydrogen (secondary N) is 1. The van der Waals surface area contributed by atoms with Crippen molar-refractivity contribution in [3.63, 3.8) is 0 Å². The van der Waals surface area contributed by atoms with E-state index in [0.29, 0.717) is 35.8 Å². The van der Waals surface area contributed by atoms with Crippen LogP contribution in [0.2, 0.25) is 0 Å². The largest absolute Gasteiger partial charge is 0.420 e. The van der Waals surface area contributed by atoms with E-state index >= 15 is 0 Å². The Morgan fingerprint density at radius 2 is 1.94 bits per heavy atom. The number of benzene rings is 2. The van der Waals surface area contributed by atoms with Crippen molar-refractivity contribution in [2.24, 2.45) is 0 Å². The number of aryl methyl sites for hydroxylation is 3. The van der Waals surface area contributed by atoms with Crippen LogP contribution in [0.3, 0.4) is 0 Å². The summed E-state index contributed by atoms with van der Waals surface area (Å²) in [6.07, 6.45) is 1.27. The molecule has 0 bridgehead atoms. The normalized spacial score (nSPS) is 11.8. The lowest BCUT2D eigenvalue weighted by Gasteiger charge is -2.14. The van der Waals surface area contributed by atoms with E-state index in [0.717, 1.165) is 11.1 Å². The summed E-state index contributed by atoms with van der Waals surface area (Å²) in [5.41, 5.74) is 2.89. The molecular formula is C21H22N4O5S. The van der Waals surface area contributed by atoms with Crippen LogP contribution in [-0.2, 0) is 29.4 Å². The van der Waals surface area contributed by atoms with E-state index in [9.17, 15) is 13.2 Å². The van der Waals surface area contributed by atoms with Crippen LogP contribution in [0.15, 0.2) is 55.0 Å². The molecule has 2 aromatic heterocycles. The molecule has 0 amide bonds. The summed E-state index contributed by atoms with van der Waals surface area (Å²) >= 11 is 0. The van der Waals surface area contributed by atoms with Gasteiger partial charge in [-0.05, 0) is 36.6 Å². The van der Waals surface area contributed by atoms with Gasteiger partial charge in [-0.15, -0.1) is 0 Å². The average molecular weight is 442 g/mol. The molecule has 0 saturated carbocycles. The first-order chi connectivity index (χ1) is 14.8. The van der Waals surface area contributed by atoms with Gasteiger partial charge < -0.3 is 8.94 Å². The van der Waals surface area contributed by atoms with Gasteiger partial charge in [-0.25, -0.2) is 13.2 Å². The number of hydrogen-bond donors (Lipinski definition) is 1. The molecule has 0 aliphatic heterocycles. The Morgan fingerprint density at radius 1 is 1.13 bits per heavy atom. The van der Waals surface area contributed by atoms with Crippen molar-refractivity contribution in [3.8, 4) is 0 Å². The first-order valence-electron chi connectivity index (χ1n) is 9.88. The Kier molecular flexibility index (Phi) is 5.40. The van der Waals surface area contributed by atoms with Gasteiger partial charge in [-0.3, -0.25) is 9.29 Å². The minimum absolute atomic E-state index is 0.000892. The van der Waals surface area contributed by atoms with Crippen LogP contribution in [0.25, 0.3) is 11.1 Å². The summed E-state index contributed by atoms with van der Waals surface area (Å²) in [7, 11) is -3.88. The van der Waals surface area contributed by atoms with Gasteiger partial charge in [0, 0.05) is 12.5 Å². The van der Waals surface area contributed by atoms with Gasteiger partial charge in [-0.2, -0.15) is 4.98 Å². The average Bonchev–Trinajstić information content (AvgIpc) is 3.33. The maximum Gasteiger partial charge on any atom is 0.420 e. The first kappa shape index (κ1) is 20.9. The fourth-order valence-electron chi connectivity index (χ4n) is 3.37. The molecule has 0 radical (unpaired) electrons. The van der Waals surface area contributed by atoms with Gasteiger partial charge >= 0.3 is 5.76 Å². The van der Waals surface area contributed by atoms with E-state index in [-0.39, 0.29) is 17.0 Å². The molecular weight excluding hydrogens is 420 g/mol. The molecule has 2 aromatic carbocycles. The van der Waals surface area contributed by atoms with Crippen LogP contribution in [0.4, 0.5) is 5.69 Å². The Hall–Kier alpha value is -3.40. The van der Waals surface area contributed by atoms with Crippen molar-refractivity contribution in [1.82, 2.24) is 14.7 Å². The molecule has 0 spiro atoms. The second kappa shape index (κ2) is 8.03. The van der Waals surface area contributed by atoms with Crippen molar-refractivity contribution < 1.29 is 17.4 Å². The van der Waals surface area contributed by atoms with E-state index in [1.807, 2.05) is 39.0 Å². The molecule has 1 N–H and O–H groups in total. The predicted octanol–water partition coefficient (Wildman–Crippen LogP) is 3.26. The van der Waals surface area contributed by atoms with Crippen molar-refractivity contribution in [2.75, 3.05) is 4.72 Å². The summed E-state index contributed by atoms with van der Waals surface area (Å²) in [6.45, 7) is 5.75. The molecule has 162 valence electrons. The van der Waals surface area contributed by atoms with Gasteiger partial charge in [0.05, 0.1) is 22.6 Å². The van der Waals surface area contributed by atoms with E-state index in [4.69, 9.17) is 8.94 Å². The van der Waals surface area contributed by atoms with Gasteiger partial charge in [-0.1, -0.05) is 37.2 Å². The van der Waals surface area contributed by atoms with Gasteiger partial charge in [0.15, 0.2) is 11.4 Å². The Balaban J connectivity index is 1.69. The summed E-state index contributed by atoms with van der Waals surface area (Å²) in [5.74, 6) is 0.178. The number of anilines is 1. The van der Waals surface area contributed by atoms with Gasteiger partial charge in [0.25, 0.3) is 10.0 Å². The van der Waals surface area contributed by atoms with Crippen LogP contribution >= 0.6 is 0 Å². The predicted molar refractivity (Wildman–Crippen MR) is 115 cm³/mol. The third-order valence-corrected chi connectivity index (χ3v) is 6.39. The fourth-order valence-corrected chi connectivity index (χ4v) is 4.55. The quantitative estimate of drug-likeness (QED) is 0.466. The molecule has 0 saturated heterocycles. The number of oxazole rings is 1. The van der Waals surface area contributed by atoms with Crippen LogP contribution in [0.5, 0.6) is 0 Å². The molecule has 31 heavy (non-hydrogen) atoms. The van der Waals surface area contributed by atoms with Crippen molar-refractivity contribution >= 4 is 26.8 Å². The maximum absolute atomic E-state index is 13.0. The highest BCUT2D eigenvalue weighted by Gasteiger charge is 2.20. The molecule has 10 heteroatoms. The Labute approximate surface area is 178 Å². The van der Waals surface area contributed by atoms with Crippen molar-refractivity contribution in [1.29, 1.82) is 0 Å².